The predicted molar refractivity (Wildman–Crippen MR) is 63.4 cm³/mol. The lowest BCUT2D eigenvalue weighted by atomic mass is 10.2. The zero-order valence-electron chi connectivity index (χ0n) is 10.2. The van der Waals surface area contributed by atoms with Crippen LogP contribution in [0.1, 0.15) is 6.92 Å². The number of hydrogen-bond acceptors (Lipinski definition) is 5. The second kappa shape index (κ2) is 5.63. The van der Waals surface area contributed by atoms with Gasteiger partial charge in [-0.3, -0.25) is 9.59 Å². The SMILES string of the molecule is CNC(=O)C1CNCCN1S(=O)(=O)C(C)C(=O)O. The first kappa shape index (κ1) is 14.9. The zero-order valence-corrected chi connectivity index (χ0v) is 11.0. The summed E-state index contributed by atoms with van der Waals surface area (Å²) in [6, 6.07) is -0.907. The van der Waals surface area contributed by atoms with Crippen LogP contribution in [0.25, 0.3) is 0 Å². The van der Waals surface area contributed by atoms with E-state index in [1.807, 2.05) is 0 Å². The van der Waals surface area contributed by atoms with E-state index in [4.69, 9.17) is 5.11 Å². The maximum absolute atomic E-state index is 12.1. The van der Waals surface area contributed by atoms with E-state index >= 15 is 0 Å². The normalized spacial score (nSPS) is 23.3. The Bertz CT molecular complexity index is 435. The molecule has 1 aliphatic rings. The molecule has 9 heteroatoms. The van der Waals surface area contributed by atoms with Crippen LogP contribution in [0.3, 0.4) is 0 Å². The number of likely N-dealkylation sites (N-methyl/N-ethyl adjacent to an activating group) is 1. The third-order valence-corrected chi connectivity index (χ3v) is 5.05. The van der Waals surface area contributed by atoms with Crippen molar-refractivity contribution in [2.75, 3.05) is 26.7 Å². The van der Waals surface area contributed by atoms with Gasteiger partial charge < -0.3 is 15.7 Å². The Kier molecular flexibility index (Phi) is 4.65. The standard InChI is InChI=1S/C9H17N3O5S/c1-6(9(14)15)18(16,17)12-4-3-11-5-7(12)8(13)10-2/h6-7,11H,3-5H2,1-2H3,(H,10,13)(H,14,15). The first-order valence-corrected chi connectivity index (χ1v) is 6.98. The highest BCUT2D eigenvalue weighted by Gasteiger charge is 2.41. The summed E-state index contributed by atoms with van der Waals surface area (Å²) in [5, 5.41) is 12.5. The summed E-state index contributed by atoms with van der Waals surface area (Å²) in [5.74, 6) is -1.88. The van der Waals surface area contributed by atoms with Crippen molar-refractivity contribution in [2.45, 2.75) is 18.2 Å². The van der Waals surface area contributed by atoms with E-state index in [0.717, 1.165) is 11.2 Å². The van der Waals surface area contributed by atoms with Crippen molar-refractivity contribution in [3.05, 3.63) is 0 Å². The van der Waals surface area contributed by atoms with Crippen molar-refractivity contribution in [2.24, 2.45) is 0 Å². The Morgan fingerprint density at radius 2 is 2.11 bits per heavy atom. The largest absolute Gasteiger partial charge is 0.480 e. The van der Waals surface area contributed by atoms with Crippen LogP contribution in [0.5, 0.6) is 0 Å². The first-order valence-electron chi connectivity index (χ1n) is 5.48. The summed E-state index contributed by atoms with van der Waals surface area (Å²) in [6.07, 6.45) is 0. The topological polar surface area (TPSA) is 116 Å². The molecule has 0 aromatic heterocycles. The second-order valence-electron chi connectivity index (χ2n) is 3.97. The lowest BCUT2D eigenvalue weighted by Crippen LogP contribution is -2.61. The smallest absolute Gasteiger partial charge is 0.323 e. The van der Waals surface area contributed by atoms with Crippen molar-refractivity contribution in [3.63, 3.8) is 0 Å². The molecule has 0 radical (unpaired) electrons. The molecule has 2 unspecified atom stereocenters. The molecule has 0 spiro atoms. The molecule has 1 amide bonds. The number of nitrogens with zero attached hydrogens (tertiary/aromatic N) is 1. The lowest BCUT2D eigenvalue weighted by Gasteiger charge is -2.34. The molecule has 0 aromatic carbocycles. The van der Waals surface area contributed by atoms with Crippen molar-refractivity contribution in [1.82, 2.24) is 14.9 Å². The minimum atomic E-state index is -4.03. The Morgan fingerprint density at radius 3 is 2.61 bits per heavy atom. The highest BCUT2D eigenvalue weighted by atomic mass is 32.2. The van der Waals surface area contributed by atoms with Gasteiger partial charge in [-0.15, -0.1) is 0 Å². The molecule has 3 N–H and O–H groups in total. The number of nitrogens with one attached hydrogen (secondary N) is 2. The van der Waals surface area contributed by atoms with Gasteiger partial charge in [0.05, 0.1) is 0 Å². The fourth-order valence-corrected chi connectivity index (χ4v) is 3.24. The third-order valence-electron chi connectivity index (χ3n) is 2.86. The lowest BCUT2D eigenvalue weighted by molar-refractivity contribution is -0.136. The molecule has 0 aliphatic carbocycles. The minimum absolute atomic E-state index is 0.0814. The summed E-state index contributed by atoms with van der Waals surface area (Å²) in [7, 11) is -2.63. The van der Waals surface area contributed by atoms with E-state index in [1.165, 1.54) is 7.05 Å². The maximum Gasteiger partial charge on any atom is 0.323 e. The third kappa shape index (κ3) is 2.79. The average Bonchev–Trinajstić information content (AvgIpc) is 2.36. The van der Waals surface area contributed by atoms with Gasteiger partial charge in [-0.05, 0) is 6.92 Å². The Hall–Kier alpha value is -1.19. The van der Waals surface area contributed by atoms with Gasteiger partial charge in [-0.1, -0.05) is 0 Å². The first-order chi connectivity index (χ1) is 8.32. The van der Waals surface area contributed by atoms with E-state index in [-0.39, 0.29) is 13.1 Å². The molecule has 2 atom stereocenters. The van der Waals surface area contributed by atoms with Crippen molar-refractivity contribution in [3.8, 4) is 0 Å². The molecular weight excluding hydrogens is 262 g/mol. The number of piperazine rings is 1. The van der Waals surface area contributed by atoms with Crippen LogP contribution in [-0.2, 0) is 19.6 Å². The molecule has 1 rings (SSSR count). The monoisotopic (exact) mass is 279 g/mol. The van der Waals surface area contributed by atoms with E-state index < -0.39 is 33.2 Å². The Balaban J connectivity index is 3.03. The molecule has 1 aliphatic heterocycles. The molecule has 0 saturated carbocycles. The molecule has 1 heterocycles. The van der Waals surface area contributed by atoms with Gasteiger partial charge in [-0.25, -0.2) is 8.42 Å². The minimum Gasteiger partial charge on any atom is -0.480 e. The van der Waals surface area contributed by atoms with Crippen LogP contribution in [0, 0.1) is 0 Å². The molecule has 1 fully saturated rings. The number of hydrogen-bond donors (Lipinski definition) is 3. The maximum atomic E-state index is 12.1. The number of aliphatic carboxylic acids is 1. The van der Waals surface area contributed by atoms with E-state index in [0.29, 0.717) is 6.54 Å². The average molecular weight is 279 g/mol. The fourth-order valence-electron chi connectivity index (χ4n) is 1.71. The number of carbonyl (C=O) groups is 2. The number of carbonyl (C=O) groups excluding carboxylic acids is 1. The van der Waals surface area contributed by atoms with Crippen LogP contribution >= 0.6 is 0 Å². The van der Waals surface area contributed by atoms with E-state index in [2.05, 4.69) is 10.6 Å². The number of carboxylic acid groups (broad SMARTS) is 1. The van der Waals surface area contributed by atoms with Crippen molar-refractivity contribution < 1.29 is 23.1 Å². The summed E-state index contributed by atoms with van der Waals surface area (Å²) < 4.78 is 25.1. The Morgan fingerprint density at radius 1 is 1.50 bits per heavy atom. The highest BCUT2D eigenvalue weighted by Crippen LogP contribution is 2.15. The fraction of sp³-hybridized carbons (Fsp3) is 0.778. The van der Waals surface area contributed by atoms with Gasteiger partial charge in [-0.2, -0.15) is 4.31 Å². The predicted octanol–water partition coefficient (Wildman–Crippen LogP) is -2.19. The molecule has 18 heavy (non-hydrogen) atoms. The van der Waals surface area contributed by atoms with Gasteiger partial charge in [0.1, 0.15) is 6.04 Å². The molecule has 104 valence electrons. The van der Waals surface area contributed by atoms with E-state index in [1.54, 1.807) is 0 Å². The summed E-state index contributed by atoms with van der Waals surface area (Å²) >= 11 is 0. The van der Waals surface area contributed by atoms with Crippen LogP contribution < -0.4 is 10.6 Å². The number of sulfonamides is 1. The molecule has 0 bridgehead atoms. The molecule has 8 nitrogen and oxygen atoms in total. The molecular formula is C9H17N3O5S. The summed E-state index contributed by atoms with van der Waals surface area (Å²) in [5.41, 5.74) is 0. The number of carboxylic acids is 1. The van der Waals surface area contributed by atoms with Crippen LogP contribution in [0.15, 0.2) is 0 Å². The van der Waals surface area contributed by atoms with Crippen molar-refractivity contribution in [1.29, 1.82) is 0 Å². The van der Waals surface area contributed by atoms with Gasteiger partial charge >= 0.3 is 5.97 Å². The van der Waals surface area contributed by atoms with Crippen molar-refractivity contribution >= 4 is 21.9 Å². The van der Waals surface area contributed by atoms with Gasteiger partial charge in [0.2, 0.25) is 15.9 Å². The van der Waals surface area contributed by atoms with Gasteiger partial charge in [0.25, 0.3) is 0 Å². The molecule has 0 aromatic rings. The van der Waals surface area contributed by atoms with Crippen LogP contribution in [0.2, 0.25) is 0 Å². The number of rotatable bonds is 4. The summed E-state index contributed by atoms with van der Waals surface area (Å²) in [4.78, 5) is 22.4. The highest BCUT2D eigenvalue weighted by molar-refractivity contribution is 7.90. The summed E-state index contributed by atoms with van der Waals surface area (Å²) in [6.45, 7) is 1.74. The zero-order chi connectivity index (χ0) is 13.9. The second-order valence-corrected chi connectivity index (χ2v) is 6.18. The van der Waals surface area contributed by atoms with Gasteiger partial charge in [0, 0.05) is 26.7 Å². The van der Waals surface area contributed by atoms with Crippen LogP contribution in [0.4, 0.5) is 0 Å². The Labute approximate surface area is 105 Å². The number of amides is 1. The van der Waals surface area contributed by atoms with Crippen LogP contribution in [-0.4, -0.2) is 67.7 Å². The quantitative estimate of drug-likeness (QED) is 0.538. The molecule has 1 saturated heterocycles. The van der Waals surface area contributed by atoms with E-state index in [9.17, 15) is 18.0 Å². The van der Waals surface area contributed by atoms with Gasteiger partial charge in [0.15, 0.2) is 5.25 Å².